The van der Waals surface area contributed by atoms with Crippen LogP contribution in [0.15, 0.2) is 46.9 Å². The molecule has 28 heavy (non-hydrogen) atoms. The first-order valence-electron chi connectivity index (χ1n) is 9.20. The van der Waals surface area contributed by atoms with E-state index >= 15 is 0 Å². The van der Waals surface area contributed by atoms with Gasteiger partial charge in [-0.1, -0.05) is 32.1 Å². The van der Waals surface area contributed by atoms with E-state index in [1.807, 2.05) is 19.1 Å². The van der Waals surface area contributed by atoms with Gasteiger partial charge in [0.1, 0.15) is 5.75 Å². The van der Waals surface area contributed by atoms with E-state index in [-0.39, 0.29) is 11.2 Å². The van der Waals surface area contributed by atoms with Gasteiger partial charge in [0.05, 0.1) is 17.8 Å². The molecule has 5 nitrogen and oxygen atoms in total. The normalized spacial score (nSPS) is 19.2. The molecule has 0 atom stereocenters. The zero-order valence-corrected chi connectivity index (χ0v) is 17.9. The zero-order valence-electron chi connectivity index (χ0n) is 17.1. The van der Waals surface area contributed by atoms with E-state index in [1.54, 1.807) is 25.1 Å². The van der Waals surface area contributed by atoms with E-state index in [9.17, 15) is 13.2 Å². The Kier molecular flexibility index (Phi) is 6.55. The molecule has 0 spiro atoms. The number of allylic oxidation sites excluding steroid dienone is 5. The Balaban J connectivity index is 2.57. The largest absolute Gasteiger partial charge is 0.496 e. The molecule has 1 aromatic rings. The van der Waals surface area contributed by atoms with Crippen molar-refractivity contribution in [2.45, 2.75) is 50.8 Å². The molecule has 1 heterocycles. The van der Waals surface area contributed by atoms with Crippen molar-refractivity contribution in [2.75, 3.05) is 12.9 Å². The second-order valence-corrected chi connectivity index (χ2v) is 9.87. The molecular formula is C22H28O5S. The summed E-state index contributed by atoms with van der Waals surface area (Å²) >= 11 is 0. The first-order chi connectivity index (χ1) is 13.0. The van der Waals surface area contributed by atoms with Gasteiger partial charge in [-0.2, -0.15) is 0 Å². The van der Waals surface area contributed by atoms with Crippen molar-refractivity contribution in [1.29, 1.82) is 0 Å². The second-order valence-electron chi connectivity index (χ2n) is 7.79. The third-order valence-electron chi connectivity index (χ3n) is 5.06. The Morgan fingerprint density at radius 2 is 1.93 bits per heavy atom. The summed E-state index contributed by atoms with van der Waals surface area (Å²) in [7, 11) is -1.81. The number of hydrogen-bond donors (Lipinski definition) is 1. The molecule has 0 fully saturated rings. The van der Waals surface area contributed by atoms with Crippen LogP contribution >= 0.6 is 0 Å². The Labute approximate surface area is 167 Å². The second kappa shape index (κ2) is 8.35. The van der Waals surface area contributed by atoms with Crippen LogP contribution in [0.3, 0.4) is 0 Å². The smallest absolute Gasteiger partial charge is 0.328 e. The highest BCUT2D eigenvalue weighted by atomic mass is 32.2. The minimum Gasteiger partial charge on any atom is -0.496 e. The fourth-order valence-corrected chi connectivity index (χ4v) is 5.15. The van der Waals surface area contributed by atoms with Crippen molar-refractivity contribution in [1.82, 2.24) is 0 Å². The number of fused-ring (bicyclic) bond motifs is 1. The fourth-order valence-electron chi connectivity index (χ4n) is 3.45. The van der Waals surface area contributed by atoms with Crippen LogP contribution in [0.2, 0.25) is 0 Å². The number of aliphatic carboxylic acids is 1. The van der Waals surface area contributed by atoms with Gasteiger partial charge in [0, 0.05) is 11.6 Å². The van der Waals surface area contributed by atoms with Crippen molar-refractivity contribution in [3.63, 3.8) is 0 Å². The van der Waals surface area contributed by atoms with Gasteiger partial charge in [0.25, 0.3) is 0 Å². The molecule has 0 amide bonds. The van der Waals surface area contributed by atoms with Gasteiger partial charge in [-0.15, -0.1) is 0 Å². The summed E-state index contributed by atoms with van der Waals surface area (Å²) in [5.41, 5.74) is 2.92. The molecule has 0 radical (unpaired) electrons. The van der Waals surface area contributed by atoms with Gasteiger partial charge in [0.2, 0.25) is 0 Å². The van der Waals surface area contributed by atoms with Crippen LogP contribution in [0.5, 0.6) is 5.75 Å². The maximum atomic E-state index is 12.7. The van der Waals surface area contributed by atoms with Crippen LogP contribution in [0.4, 0.5) is 0 Å². The number of sulfone groups is 1. The average Bonchev–Trinajstić information content (AvgIpc) is 2.67. The molecule has 0 bridgehead atoms. The Morgan fingerprint density at radius 3 is 2.54 bits per heavy atom. The predicted molar refractivity (Wildman–Crippen MR) is 111 cm³/mol. The molecule has 1 aliphatic heterocycles. The lowest BCUT2D eigenvalue weighted by Gasteiger charge is -2.26. The quantitative estimate of drug-likeness (QED) is 0.576. The third-order valence-corrected chi connectivity index (χ3v) is 6.90. The van der Waals surface area contributed by atoms with Gasteiger partial charge < -0.3 is 9.84 Å². The molecule has 2 rings (SSSR count). The molecule has 0 unspecified atom stereocenters. The minimum absolute atomic E-state index is 0.151. The van der Waals surface area contributed by atoms with Crippen molar-refractivity contribution >= 4 is 21.4 Å². The minimum atomic E-state index is -3.34. The average molecular weight is 405 g/mol. The van der Waals surface area contributed by atoms with E-state index in [2.05, 4.69) is 13.8 Å². The van der Waals surface area contributed by atoms with Crippen molar-refractivity contribution in [2.24, 2.45) is 0 Å². The van der Waals surface area contributed by atoms with Gasteiger partial charge in [-0.05, 0) is 60.9 Å². The van der Waals surface area contributed by atoms with Crippen LogP contribution in [-0.2, 0) is 20.0 Å². The molecule has 0 saturated heterocycles. The van der Waals surface area contributed by atoms with Crippen molar-refractivity contribution in [3.8, 4) is 5.75 Å². The lowest BCUT2D eigenvalue weighted by Crippen LogP contribution is -2.18. The summed E-state index contributed by atoms with van der Waals surface area (Å²) in [6.45, 7) is 7.77. The summed E-state index contributed by atoms with van der Waals surface area (Å²) in [4.78, 5) is 11.1. The van der Waals surface area contributed by atoms with Crippen LogP contribution in [0, 0.1) is 0 Å². The molecule has 0 aliphatic carbocycles. The highest BCUT2D eigenvalue weighted by molar-refractivity contribution is 7.91. The molecule has 6 heteroatoms. The Hall–Kier alpha value is -2.34. The zero-order chi connectivity index (χ0) is 21.1. The van der Waals surface area contributed by atoms with Crippen LogP contribution in [0.25, 0.3) is 5.57 Å². The highest BCUT2D eigenvalue weighted by Crippen LogP contribution is 2.42. The summed E-state index contributed by atoms with van der Waals surface area (Å²) in [6.07, 6.45) is 7.91. The lowest BCUT2D eigenvalue weighted by atomic mass is 9.79. The standard InChI is InChI=1S/C22H28O5S/c1-15(12-21(23)24)8-6-9-16(2)17-13-18-20(14-19(17)27-5)28(25,26)11-7-10-22(18,3)4/h6,8-9,12-14H,7,10-11H2,1-5H3,(H,23,24)/b8-6+,15-12+,16-9+. The molecule has 1 N–H and O–H groups in total. The number of methoxy groups -OCH3 is 1. The first-order valence-corrected chi connectivity index (χ1v) is 10.8. The summed E-state index contributed by atoms with van der Waals surface area (Å²) < 4.78 is 31.0. The molecular weight excluding hydrogens is 376 g/mol. The maximum Gasteiger partial charge on any atom is 0.328 e. The number of hydrogen-bond acceptors (Lipinski definition) is 4. The fraction of sp³-hybridized carbons (Fsp3) is 0.409. The van der Waals surface area contributed by atoms with Crippen LogP contribution in [0.1, 0.15) is 51.7 Å². The van der Waals surface area contributed by atoms with Gasteiger partial charge in [-0.25, -0.2) is 13.2 Å². The number of ether oxygens (including phenoxy) is 1. The number of carbonyl (C=O) groups is 1. The predicted octanol–water partition coefficient (Wildman–Crippen LogP) is 4.53. The number of benzene rings is 1. The monoisotopic (exact) mass is 404 g/mol. The van der Waals surface area contributed by atoms with Gasteiger partial charge >= 0.3 is 5.97 Å². The Morgan fingerprint density at radius 1 is 1.25 bits per heavy atom. The maximum absolute atomic E-state index is 12.7. The number of rotatable bonds is 5. The number of carboxylic acids is 1. The van der Waals surface area contributed by atoms with E-state index in [4.69, 9.17) is 9.84 Å². The van der Waals surface area contributed by atoms with E-state index in [1.165, 1.54) is 7.11 Å². The van der Waals surface area contributed by atoms with Crippen LogP contribution < -0.4 is 4.74 Å². The molecule has 1 aliphatic rings. The van der Waals surface area contributed by atoms with E-state index < -0.39 is 15.8 Å². The van der Waals surface area contributed by atoms with E-state index in [0.717, 1.165) is 29.2 Å². The summed E-state index contributed by atoms with van der Waals surface area (Å²) in [5, 5.41) is 8.77. The Bertz CT molecular complexity index is 963. The lowest BCUT2D eigenvalue weighted by molar-refractivity contribution is -0.131. The van der Waals surface area contributed by atoms with Crippen molar-refractivity contribution in [3.05, 3.63) is 53.1 Å². The molecule has 1 aromatic carbocycles. The third kappa shape index (κ3) is 4.93. The highest BCUT2D eigenvalue weighted by Gasteiger charge is 2.34. The van der Waals surface area contributed by atoms with Crippen molar-refractivity contribution < 1.29 is 23.1 Å². The van der Waals surface area contributed by atoms with Gasteiger partial charge in [0.15, 0.2) is 9.84 Å². The number of carboxylic acid groups (broad SMARTS) is 1. The first kappa shape index (κ1) is 22.0. The molecule has 152 valence electrons. The SMILES string of the molecule is COc1cc2c(cc1/C(C)=C/C=C/C(C)=C/C(=O)O)C(C)(C)CCCS2(=O)=O. The molecule has 0 aromatic heterocycles. The van der Waals surface area contributed by atoms with Crippen LogP contribution in [-0.4, -0.2) is 32.4 Å². The summed E-state index contributed by atoms with van der Waals surface area (Å²) in [6, 6.07) is 3.57. The molecule has 0 saturated carbocycles. The summed E-state index contributed by atoms with van der Waals surface area (Å²) in [5.74, 6) is -0.322. The van der Waals surface area contributed by atoms with E-state index in [0.29, 0.717) is 22.6 Å². The topological polar surface area (TPSA) is 80.7 Å². The van der Waals surface area contributed by atoms with Gasteiger partial charge in [-0.3, -0.25) is 0 Å².